The van der Waals surface area contributed by atoms with Crippen molar-refractivity contribution in [1.82, 2.24) is 0 Å². The topological polar surface area (TPSA) is 30.2 Å². The summed E-state index contributed by atoms with van der Waals surface area (Å²) in [5, 5.41) is 1.55. The molecule has 0 amide bonds. The van der Waals surface area contributed by atoms with Gasteiger partial charge in [0.25, 0.3) is 0 Å². The lowest BCUT2D eigenvalue weighted by molar-refractivity contribution is 0.566. The fourth-order valence-corrected chi connectivity index (χ4v) is 3.62. The van der Waals surface area contributed by atoms with Crippen molar-refractivity contribution in [2.75, 3.05) is 0 Å². The van der Waals surface area contributed by atoms with Crippen molar-refractivity contribution in [2.45, 2.75) is 23.6 Å². The number of hydrogen-bond acceptors (Lipinski definition) is 2. The van der Waals surface area contributed by atoms with E-state index in [1.54, 1.807) is 24.3 Å². The van der Waals surface area contributed by atoms with Crippen LogP contribution in [0.1, 0.15) is 11.3 Å². The summed E-state index contributed by atoms with van der Waals surface area (Å²) in [5.41, 5.74) is 1.89. The minimum Gasteiger partial charge on any atom is -0.460 e. The third kappa shape index (κ3) is 2.28. The molecule has 0 spiro atoms. The van der Waals surface area contributed by atoms with Crippen LogP contribution in [0.5, 0.6) is 0 Å². The average molecular weight is 305 g/mol. The molecular formula is C16H13ClO2S. The van der Waals surface area contributed by atoms with Crippen LogP contribution in [0.2, 0.25) is 5.02 Å². The minimum atomic E-state index is -1.27. The summed E-state index contributed by atoms with van der Waals surface area (Å²) in [5.74, 6) is 0.693. The maximum absolute atomic E-state index is 12.8. The normalized spacial score (nSPS) is 12.8. The summed E-state index contributed by atoms with van der Waals surface area (Å²) >= 11 is 5.87. The van der Waals surface area contributed by atoms with Gasteiger partial charge in [0.15, 0.2) is 0 Å². The first-order valence-corrected chi connectivity index (χ1v) is 7.76. The van der Waals surface area contributed by atoms with E-state index < -0.39 is 10.8 Å². The van der Waals surface area contributed by atoms with E-state index in [0.717, 1.165) is 26.3 Å². The molecule has 0 fully saturated rings. The van der Waals surface area contributed by atoms with Gasteiger partial charge in [0.2, 0.25) is 0 Å². The molecule has 0 saturated heterocycles. The van der Waals surface area contributed by atoms with Crippen molar-refractivity contribution in [3.05, 3.63) is 58.8 Å². The first-order valence-electron chi connectivity index (χ1n) is 6.23. The largest absolute Gasteiger partial charge is 0.460 e. The van der Waals surface area contributed by atoms with Gasteiger partial charge in [-0.25, -0.2) is 4.21 Å². The van der Waals surface area contributed by atoms with E-state index in [4.69, 9.17) is 16.0 Å². The molecule has 3 aromatic rings. The highest BCUT2D eigenvalue weighted by Crippen LogP contribution is 2.32. The molecule has 2 aromatic carbocycles. The van der Waals surface area contributed by atoms with E-state index >= 15 is 0 Å². The number of hydrogen-bond donors (Lipinski definition) is 0. The summed E-state index contributed by atoms with van der Waals surface area (Å²) in [4.78, 5) is 1.47. The minimum absolute atomic E-state index is 0.635. The fourth-order valence-electron chi connectivity index (χ4n) is 2.22. The van der Waals surface area contributed by atoms with E-state index in [9.17, 15) is 4.21 Å². The Morgan fingerprint density at radius 1 is 1.05 bits per heavy atom. The first-order chi connectivity index (χ1) is 9.56. The van der Waals surface area contributed by atoms with Crippen LogP contribution >= 0.6 is 11.6 Å². The summed E-state index contributed by atoms with van der Waals surface area (Å²) in [6.45, 7) is 3.86. The summed E-state index contributed by atoms with van der Waals surface area (Å²) < 4.78 is 18.5. The van der Waals surface area contributed by atoms with Gasteiger partial charge in [0.05, 0.1) is 15.7 Å². The SMILES string of the molecule is Cc1ccc2oc(C)c([S@@](=O)c3ccc(Cl)cc3)c2c1. The lowest BCUT2D eigenvalue weighted by atomic mass is 10.2. The van der Waals surface area contributed by atoms with Crippen LogP contribution in [0.15, 0.2) is 56.7 Å². The van der Waals surface area contributed by atoms with Crippen molar-refractivity contribution in [3.63, 3.8) is 0 Å². The highest BCUT2D eigenvalue weighted by Gasteiger charge is 2.18. The predicted molar refractivity (Wildman–Crippen MR) is 81.8 cm³/mol. The molecular weight excluding hydrogens is 292 g/mol. The summed E-state index contributed by atoms with van der Waals surface area (Å²) in [7, 11) is -1.27. The molecule has 3 rings (SSSR count). The van der Waals surface area contributed by atoms with Gasteiger partial charge in [-0.1, -0.05) is 23.2 Å². The number of rotatable bonds is 2. The Kier molecular flexibility index (Phi) is 3.40. The van der Waals surface area contributed by atoms with E-state index in [-0.39, 0.29) is 0 Å². The average Bonchev–Trinajstić information content (AvgIpc) is 2.74. The van der Waals surface area contributed by atoms with Gasteiger partial charge in [0.1, 0.15) is 11.3 Å². The molecule has 1 heterocycles. The van der Waals surface area contributed by atoms with Gasteiger partial charge in [-0.2, -0.15) is 0 Å². The molecule has 0 aliphatic rings. The molecule has 0 radical (unpaired) electrons. The van der Waals surface area contributed by atoms with Crippen molar-refractivity contribution >= 4 is 33.4 Å². The predicted octanol–water partition coefficient (Wildman–Crippen LogP) is 4.87. The monoisotopic (exact) mass is 304 g/mol. The van der Waals surface area contributed by atoms with Crippen molar-refractivity contribution in [1.29, 1.82) is 0 Å². The zero-order valence-corrected chi connectivity index (χ0v) is 12.7. The second kappa shape index (κ2) is 5.08. The number of halogens is 1. The van der Waals surface area contributed by atoms with E-state index in [1.165, 1.54) is 0 Å². The van der Waals surface area contributed by atoms with Crippen LogP contribution in [0.4, 0.5) is 0 Å². The molecule has 4 heteroatoms. The van der Waals surface area contributed by atoms with E-state index in [2.05, 4.69) is 0 Å². The summed E-state index contributed by atoms with van der Waals surface area (Å²) in [6.07, 6.45) is 0. The maximum Gasteiger partial charge on any atom is 0.135 e. The van der Waals surface area contributed by atoms with Gasteiger partial charge < -0.3 is 4.42 Å². The van der Waals surface area contributed by atoms with Gasteiger partial charge in [-0.15, -0.1) is 0 Å². The van der Waals surface area contributed by atoms with Crippen molar-refractivity contribution in [3.8, 4) is 0 Å². The molecule has 102 valence electrons. The third-order valence-corrected chi connectivity index (χ3v) is 5.01. The molecule has 0 unspecified atom stereocenters. The molecule has 2 nitrogen and oxygen atoms in total. The Morgan fingerprint density at radius 3 is 2.45 bits per heavy atom. The molecule has 0 saturated carbocycles. The second-order valence-electron chi connectivity index (χ2n) is 4.71. The lowest BCUT2D eigenvalue weighted by Crippen LogP contribution is -1.93. The molecule has 1 atom stereocenters. The van der Waals surface area contributed by atoms with E-state index in [1.807, 2.05) is 32.0 Å². The summed E-state index contributed by atoms with van der Waals surface area (Å²) in [6, 6.07) is 13.0. The smallest absolute Gasteiger partial charge is 0.135 e. The molecule has 0 aliphatic carbocycles. The van der Waals surface area contributed by atoms with Crippen molar-refractivity contribution < 1.29 is 8.63 Å². The quantitative estimate of drug-likeness (QED) is 0.676. The van der Waals surface area contributed by atoms with Gasteiger partial charge in [-0.3, -0.25) is 0 Å². The third-order valence-electron chi connectivity index (χ3n) is 3.18. The van der Waals surface area contributed by atoms with Crippen LogP contribution in [-0.2, 0) is 10.8 Å². The number of benzene rings is 2. The van der Waals surface area contributed by atoms with Gasteiger partial charge in [-0.05, 0) is 50.2 Å². The first kappa shape index (κ1) is 13.4. The van der Waals surface area contributed by atoms with Crippen LogP contribution in [0.25, 0.3) is 11.0 Å². The zero-order valence-electron chi connectivity index (χ0n) is 11.1. The molecule has 0 aliphatic heterocycles. The molecule has 0 bridgehead atoms. The van der Waals surface area contributed by atoms with Gasteiger partial charge in [0, 0.05) is 15.3 Å². The second-order valence-corrected chi connectivity index (χ2v) is 6.56. The maximum atomic E-state index is 12.8. The lowest BCUT2D eigenvalue weighted by Gasteiger charge is -2.02. The van der Waals surface area contributed by atoms with E-state index in [0.29, 0.717) is 10.8 Å². The Hall–Kier alpha value is -1.58. The Bertz CT molecular complexity index is 803. The standard InChI is InChI=1S/C16H13ClO2S/c1-10-3-8-15-14(9-10)16(11(2)19-15)20(18)13-6-4-12(17)5-7-13/h3-9H,1-2H3/t20-/m0/s1. The molecule has 1 aromatic heterocycles. The van der Waals surface area contributed by atoms with Gasteiger partial charge >= 0.3 is 0 Å². The van der Waals surface area contributed by atoms with Crippen LogP contribution in [-0.4, -0.2) is 4.21 Å². The number of fused-ring (bicyclic) bond motifs is 1. The molecule has 20 heavy (non-hydrogen) atoms. The van der Waals surface area contributed by atoms with Crippen LogP contribution in [0, 0.1) is 13.8 Å². The van der Waals surface area contributed by atoms with Crippen LogP contribution < -0.4 is 0 Å². The highest BCUT2D eigenvalue weighted by molar-refractivity contribution is 7.85. The number of furan rings is 1. The Morgan fingerprint density at radius 2 is 1.75 bits per heavy atom. The Balaban J connectivity index is 2.18. The molecule has 0 N–H and O–H groups in total. The zero-order chi connectivity index (χ0) is 14.3. The fraction of sp³-hybridized carbons (Fsp3) is 0.125. The highest BCUT2D eigenvalue weighted by atomic mass is 35.5. The Labute approximate surface area is 124 Å². The van der Waals surface area contributed by atoms with Crippen molar-refractivity contribution in [2.24, 2.45) is 0 Å². The number of aryl methyl sites for hydroxylation is 2. The van der Waals surface area contributed by atoms with Crippen LogP contribution in [0.3, 0.4) is 0 Å².